The third-order valence-corrected chi connectivity index (χ3v) is 2.79. The summed E-state index contributed by atoms with van der Waals surface area (Å²) in [6.07, 6.45) is 5.14. The van der Waals surface area contributed by atoms with Crippen molar-refractivity contribution in [1.29, 1.82) is 0 Å². The molecule has 0 fully saturated rings. The number of rotatable bonds is 7. The Labute approximate surface area is 78.6 Å². The first kappa shape index (κ1) is 11.4. The van der Waals surface area contributed by atoms with Crippen LogP contribution < -0.4 is 0 Å². The summed E-state index contributed by atoms with van der Waals surface area (Å²) in [4.78, 5) is 0. The Morgan fingerprint density at radius 3 is 2.55 bits per heavy atom. The van der Waals surface area contributed by atoms with E-state index < -0.39 is 0 Å². The van der Waals surface area contributed by atoms with E-state index in [1.165, 1.54) is 25.7 Å². The van der Waals surface area contributed by atoms with Crippen molar-refractivity contribution in [2.75, 3.05) is 19.0 Å². The van der Waals surface area contributed by atoms with E-state index in [4.69, 9.17) is 4.74 Å². The van der Waals surface area contributed by atoms with Gasteiger partial charge in [-0.2, -0.15) is 0 Å². The van der Waals surface area contributed by atoms with Crippen molar-refractivity contribution in [2.45, 2.75) is 32.6 Å². The first-order valence-electron chi connectivity index (χ1n) is 4.40. The van der Waals surface area contributed by atoms with Gasteiger partial charge in [0.05, 0.1) is 0 Å². The SMILES string of the molecule is CCCC(CBr)CCCOC. The molecule has 0 aliphatic carbocycles. The molecule has 0 heterocycles. The Morgan fingerprint density at radius 1 is 1.36 bits per heavy atom. The van der Waals surface area contributed by atoms with Gasteiger partial charge >= 0.3 is 0 Å². The fourth-order valence-electron chi connectivity index (χ4n) is 1.22. The topological polar surface area (TPSA) is 9.23 Å². The van der Waals surface area contributed by atoms with E-state index in [2.05, 4.69) is 22.9 Å². The quantitative estimate of drug-likeness (QED) is 0.475. The maximum absolute atomic E-state index is 5.00. The molecule has 0 aromatic rings. The smallest absolute Gasteiger partial charge is 0.0462 e. The molecule has 0 saturated carbocycles. The van der Waals surface area contributed by atoms with E-state index in [9.17, 15) is 0 Å². The predicted molar refractivity (Wildman–Crippen MR) is 53.3 cm³/mol. The molecule has 0 aliphatic rings. The molecule has 11 heavy (non-hydrogen) atoms. The first-order chi connectivity index (χ1) is 5.35. The predicted octanol–water partition coefficient (Wildman–Crippen LogP) is 3.22. The van der Waals surface area contributed by atoms with Crippen molar-refractivity contribution in [1.82, 2.24) is 0 Å². The zero-order valence-electron chi connectivity index (χ0n) is 7.61. The lowest BCUT2D eigenvalue weighted by Gasteiger charge is -2.11. The average Bonchev–Trinajstić information content (AvgIpc) is 2.03. The number of hydrogen-bond donors (Lipinski definition) is 0. The average molecular weight is 223 g/mol. The standard InChI is InChI=1S/C9H19BrO/c1-3-5-9(8-10)6-4-7-11-2/h9H,3-8H2,1-2H3. The second kappa shape index (κ2) is 8.54. The zero-order valence-corrected chi connectivity index (χ0v) is 9.19. The molecule has 0 aromatic heterocycles. The summed E-state index contributed by atoms with van der Waals surface area (Å²) in [5.74, 6) is 0.857. The molecular weight excluding hydrogens is 204 g/mol. The van der Waals surface area contributed by atoms with E-state index in [0.717, 1.165) is 17.9 Å². The van der Waals surface area contributed by atoms with Gasteiger partial charge in [0, 0.05) is 19.0 Å². The van der Waals surface area contributed by atoms with Crippen molar-refractivity contribution < 1.29 is 4.74 Å². The molecule has 0 N–H and O–H groups in total. The summed E-state index contributed by atoms with van der Waals surface area (Å²) in [5, 5.41) is 1.14. The van der Waals surface area contributed by atoms with E-state index in [1.807, 2.05) is 0 Å². The van der Waals surface area contributed by atoms with Crippen LogP contribution in [0.4, 0.5) is 0 Å². The molecular formula is C9H19BrO. The molecule has 2 heteroatoms. The molecule has 0 aliphatic heterocycles. The minimum absolute atomic E-state index is 0.857. The molecule has 1 nitrogen and oxygen atoms in total. The van der Waals surface area contributed by atoms with Gasteiger partial charge < -0.3 is 4.74 Å². The lowest BCUT2D eigenvalue weighted by Crippen LogP contribution is -2.03. The van der Waals surface area contributed by atoms with Crippen molar-refractivity contribution in [3.05, 3.63) is 0 Å². The van der Waals surface area contributed by atoms with Crippen LogP contribution in [0.5, 0.6) is 0 Å². The maximum atomic E-state index is 5.00. The summed E-state index contributed by atoms with van der Waals surface area (Å²) in [6, 6.07) is 0. The molecule has 0 saturated heterocycles. The van der Waals surface area contributed by atoms with Crippen LogP contribution in [0.15, 0.2) is 0 Å². The summed E-state index contributed by atoms with van der Waals surface area (Å²) in [7, 11) is 1.77. The molecule has 0 radical (unpaired) electrons. The number of methoxy groups -OCH3 is 1. The van der Waals surface area contributed by atoms with Gasteiger partial charge in [-0.05, 0) is 25.2 Å². The second-order valence-corrected chi connectivity index (χ2v) is 3.59. The number of halogens is 1. The third kappa shape index (κ3) is 6.82. The number of alkyl halides is 1. The molecule has 0 rings (SSSR count). The van der Waals surface area contributed by atoms with E-state index in [-0.39, 0.29) is 0 Å². The minimum Gasteiger partial charge on any atom is -0.385 e. The van der Waals surface area contributed by atoms with Crippen LogP contribution in [0, 0.1) is 5.92 Å². The second-order valence-electron chi connectivity index (χ2n) is 2.94. The zero-order chi connectivity index (χ0) is 8.53. The normalized spacial score (nSPS) is 13.4. The number of hydrogen-bond acceptors (Lipinski definition) is 1. The van der Waals surface area contributed by atoms with E-state index >= 15 is 0 Å². The Morgan fingerprint density at radius 2 is 2.09 bits per heavy atom. The Balaban J connectivity index is 3.20. The van der Waals surface area contributed by atoms with E-state index in [0.29, 0.717) is 0 Å². The van der Waals surface area contributed by atoms with Crippen LogP contribution in [0.2, 0.25) is 0 Å². The highest BCUT2D eigenvalue weighted by atomic mass is 79.9. The summed E-state index contributed by atoms with van der Waals surface area (Å²) < 4.78 is 5.00. The van der Waals surface area contributed by atoms with Crippen LogP contribution in [-0.2, 0) is 4.74 Å². The van der Waals surface area contributed by atoms with Crippen LogP contribution in [0.25, 0.3) is 0 Å². The van der Waals surface area contributed by atoms with Gasteiger partial charge in [0.2, 0.25) is 0 Å². The molecule has 0 spiro atoms. The molecule has 68 valence electrons. The van der Waals surface area contributed by atoms with Gasteiger partial charge in [-0.15, -0.1) is 0 Å². The van der Waals surface area contributed by atoms with Gasteiger partial charge in [0.1, 0.15) is 0 Å². The fraction of sp³-hybridized carbons (Fsp3) is 1.00. The summed E-state index contributed by atoms with van der Waals surface area (Å²) in [5.41, 5.74) is 0. The molecule has 0 amide bonds. The highest BCUT2D eigenvalue weighted by molar-refractivity contribution is 9.09. The van der Waals surface area contributed by atoms with Gasteiger partial charge in [-0.3, -0.25) is 0 Å². The lowest BCUT2D eigenvalue weighted by molar-refractivity contribution is 0.187. The van der Waals surface area contributed by atoms with E-state index in [1.54, 1.807) is 7.11 Å². The van der Waals surface area contributed by atoms with Gasteiger partial charge in [-0.25, -0.2) is 0 Å². The van der Waals surface area contributed by atoms with Gasteiger partial charge in [0.15, 0.2) is 0 Å². The van der Waals surface area contributed by atoms with Crippen LogP contribution >= 0.6 is 15.9 Å². The molecule has 1 atom stereocenters. The van der Waals surface area contributed by atoms with Crippen LogP contribution in [0.3, 0.4) is 0 Å². The Hall–Kier alpha value is 0.440. The number of ether oxygens (including phenoxy) is 1. The largest absolute Gasteiger partial charge is 0.385 e. The van der Waals surface area contributed by atoms with Crippen LogP contribution in [0.1, 0.15) is 32.6 Å². The highest BCUT2D eigenvalue weighted by Gasteiger charge is 2.04. The lowest BCUT2D eigenvalue weighted by atomic mass is 10.0. The monoisotopic (exact) mass is 222 g/mol. The maximum Gasteiger partial charge on any atom is 0.0462 e. The third-order valence-electron chi connectivity index (χ3n) is 1.88. The van der Waals surface area contributed by atoms with Crippen molar-refractivity contribution >= 4 is 15.9 Å². The van der Waals surface area contributed by atoms with Gasteiger partial charge in [-0.1, -0.05) is 29.3 Å². The molecule has 0 bridgehead atoms. The van der Waals surface area contributed by atoms with Crippen LogP contribution in [-0.4, -0.2) is 19.0 Å². The van der Waals surface area contributed by atoms with Crippen molar-refractivity contribution in [3.63, 3.8) is 0 Å². The summed E-state index contributed by atoms with van der Waals surface area (Å²) in [6.45, 7) is 3.15. The van der Waals surface area contributed by atoms with Gasteiger partial charge in [0.25, 0.3) is 0 Å². The Kier molecular flexibility index (Phi) is 8.88. The minimum atomic E-state index is 0.857. The molecule has 1 unspecified atom stereocenters. The summed E-state index contributed by atoms with van der Waals surface area (Å²) >= 11 is 3.53. The highest BCUT2D eigenvalue weighted by Crippen LogP contribution is 2.15. The molecule has 0 aromatic carbocycles. The fourth-order valence-corrected chi connectivity index (χ4v) is 1.87. The first-order valence-corrected chi connectivity index (χ1v) is 5.52. The Bertz CT molecular complexity index is 76.0. The van der Waals surface area contributed by atoms with Crippen molar-refractivity contribution in [2.24, 2.45) is 5.92 Å². The van der Waals surface area contributed by atoms with Crippen molar-refractivity contribution in [3.8, 4) is 0 Å².